The average Bonchev–Trinajstić information content (AvgIpc) is 2.26. The highest BCUT2D eigenvalue weighted by molar-refractivity contribution is 5.68. The number of ether oxygens (including phenoxy) is 1. The number of hydrogen-bond donors (Lipinski definition) is 2. The molecule has 1 rings (SSSR count). The summed E-state index contributed by atoms with van der Waals surface area (Å²) in [5.41, 5.74) is -0.475. The molecule has 1 fully saturated rings. The number of carboxylic acid groups (broad SMARTS) is 1. The van der Waals surface area contributed by atoms with E-state index in [-0.39, 0.29) is 24.5 Å². The number of aliphatic carboxylic acids is 1. The lowest BCUT2D eigenvalue weighted by Gasteiger charge is -2.32. The number of carbonyl (C=O) groups is 2. The largest absolute Gasteiger partial charge is 0.481 e. The van der Waals surface area contributed by atoms with Gasteiger partial charge in [0.1, 0.15) is 5.60 Å². The molecule has 116 valence electrons. The maximum atomic E-state index is 11.7. The summed E-state index contributed by atoms with van der Waals surface area (Å²) < 4.78 is 5.24. The van der Waals surface area contributed by atoms with Crippen molar-refractivity contribution in [1.82, 2.24) is 5.32 Å². The lowest BCUT2D eigenvalue weighted by atomic mass is 9.78. The molecule has 0 aromatic heterocycles. The molecule has 2 N–H and O–H groups in total. The minimum absolute atomic E-state index is 0.151. The zero-order valence-electron chi connectivity index (χ0n) is 12.9. The van der Waals surface area contributed by atoms with E-state index in [2.05, 4.69) is 5.32 Å². The van der Waals surface area contributed by atoms with E-state index in [0.717, 1.165) is 25.7 Å². The first-order valence-corrected chi connectivity index (χ1v) is 7.38. The van der Waals surface area contributed by atoms with Crippen molar-refractivity contribution >= 4 is 12.1 Å². The molecule has 5 heteroatoms. The maximum Gasteiger partial charge on any atom is 0.407 e. The van der Waals surface area contributed by atoms with Crippen LogP contribution in [0.15, 0.2) is 0 Å². The minimum atomic E-state index is -0.730. The predicted molar refractivity (Wildman–Crippen MR) is 76.5 cm³/mol. The van der Waals surface area contributed by atoms with E-state index < -0.39 is 11.6 Å². The normalized spacial score (nSPS) is 24.8. The number of hydrogen-bond acceptors (Lipinski definition) is 3. The Bertz CT molecular complexity index is 340. The average molecular weight is 285 g/mol. The lowest BCUT2D eigenvalue weighted by Crippen LogP contribution is -2.41. The second kappa shape index (κ2) is 6.95. The standard InChI is InChI=1S/C15H27NO4/c1-10(9-13(17)18)11-5-7-12(8-6-11)16-14(19)20-15(2,3)4/h10-12H,5-9H2,1-4H3,(H,16,19)(H,17,18)/t10?,11-,12-. The highest BCUT2D eigenvalue weighted by Crippen LogP contribution is 2.31. The van der Waals surface area contributed by atoms with Crippen molar-refractivity contribution in [2.45, 2.75) is 71.4 Å². The molecule has 1 aliphatic carbocycles. The van der Waals surface area contributed by atoms with Crippen molar-refractivity contribution < 1.29 is 19.4 Å². The number of nitrogens with one attached hydrogen (secondary N) is 1. The van der Waals surface area contributed by atoms with Crippen LogP contribution in [0.25, 0.3) is 0 Å². The minimum Gasteiger partial charge on any atom is -0.481 e. The van der Waals surface area contributed by atoms with Crippen LogP contribution >= 0.6 is 0 Å². The molecule has 0 spiro atoms. The van der Waals surface area contributed by atoms with Crippen LogP contribution in [-0.4, -0.2) is 28.8 Å². The van der Waals surface area contributed by atoms with Gasteiger partial charge in [0.05, 0.1) is 0 Å². The first-order valence-electron chi connectivity index (χ1n) is 7.38. The molecule has 20 heavy (non-hydrogen) atoms. The van der Waals surface area contributed by atoms with E-state index in [9.17, 15) is 9.59 Å². The van der Waals surface area contributed by atoms with Crippen LogP contribution in [0.1, 0.15) is 59.8 Å². The molecule has 0 aromatic carbocycles. The first kappa shape index (κ1) is 16.8. The van der Waals surface area contributed by atoms with E-state index in [1.807, 2.05) is 27.7 Å². The van der Waals surface area contributed by atoms with Gasteiger partial charge in [-0.25, -0.2) is 4.79 Å². The van der Waals surface area contributed by atoms with Crippen molar-refractivity contribution in [1.29, 1.82) is 0 Å². The van der Waals surface area contributed by atoms with Gasteiger partial charge in [0.25, 0.3) is 0 Å². The van der Waals surface area contributed by atoms with Gasteiger partial charge in [0.2, 0.25) is 0 Å². The molecule has 5 nitrogen and oxygen atoms in total. The summed E-state index contributed by atoms with van der Waals surface area (Å²) in [6.07, 6.45) is 3.60. The molecule has 0 radical (unpaired) electrons. The Morgan fingerprint density at radius 2 is 1.80 bits per heavy atom. The molecule has 1 atom stereocenters. The molecule has 1 unspecified atom stereocenters. The van der Waals surface area contributed by atoms with Crippen LogP contribution in [0.5, 0.6) is 0 Å². The van der Waals surface area contributed by atoms with Gasteiger partial charge in [-0.05, 0) is 58.3 Å². The molecule has 0 bridgehead atoms. The van der Waals surface area contributed by atoms with Crippen molar-refractivity contribution in [2.24, 2.45) is 11.8 Å². The number of carboxylic acids is 1. The second-order valence-electron chi connectivity index (χ2n) is 6.83. The van der Waals surface area contributed by atoms with Crippen LogP contribution < -0.4 is 5.32 Å². The first-order chi connectivity index (χ1) is 9.17. The molecule has 0 saturated heterocycles. The fourth-order valence-electron chi connectivity index (χ4n) is 2.75. The third kappa shape index (κ3) is 6.26. The van der Waals surface area contributed by atoms with Gasteiger partial charge in [-0.3, -0.25) is 4.79 Å². The molecule has 1 aliphatic rings. The molecule has 1 saturated carbocycles. The third-order valence-electron chi connectivity index (χ3n) is 3.79. The van der Waals surface area contributed by atoms with Crippen molar-refractivity contribution in [3.8, 4) is 0 Å². The number of alkyl carbamates (subject to hydrolysis) is 1. The lowest BCUT2D eigenvalue weighted by molar-refractivity contribution is -0.138. The van der Waals surface area contributed by atoms with E-state index in [0.29, 0.717) is 5.92 Å². The van der Waals surface area contributed by atoms with Crippen LogP contribution in [0.2, 0.25) is 0 Å². The van der Waals surface area contributed by atoms with E-state index in [1.54, 1.807) is 0 Å². The Morgan fingerprint density at radius 1 is 1.25 bits per heavy atom. The maximum absolute atomic E-state index is 11.7. The van der Waals surface area contributed by atoms with Crippen LogP contribution in [0, 0.1) is 11.8 Å². The summed E-state index contributed by atoms with van der Waals surface area (Å²) in [6, 6.07) is 0.151. The predicted octanol–water partition coefficient (Wildman–Crippen LogP) is 3.18. The third-order valence-corrected chi connectivity index (χ3v) is 3.79. The fourth-order valence-corrected chi connectivity index (χ4v) is 2.75. The van der Waals surface area contributed by atoms with Gasteiger partial charge in [0, 0.05) is 12.5 Å². The van der Waals surface area contributed by atoms with Gasteiger partial charge in [0.15, 0.2) is 0 Å². The SMILES string of the molecule is CC(CC(=O)O)[C@H]1CC[C@H](NC(=O)OC(C)(C)C)CC1. The summed E-state index contributed by atoms with van der Waals surface area (Å²) in [4.78, 5) is 22.4. The van der Waals surface area contributed by atoms with Gasteiger partial charge in [-0.2, -0.15) is 0 Å². The highest BCUT2D eigenvalue weighted by atomic mass is 16.6. The molecule has 1 amide bonds. The Morgan fingerprint density at radius 3 is 2.25 bits per heavy atom. The Balaban J connectivity index is 2.32. The van der Waals surface area contributed by atoms with Crippen LogP contribution in [0.3, 0.4) is 0 Å². The number of amides is 1. The summed E-state index contributed by atoms with van der Waals surface area (Å²) in [5.74, 6) is -0.0794. The topological polar surface area (TPSA) is 75.6 Å². The summed E-state index contributed by atoms with van der Waals surface area (Å²) in [5, 5.41) is 11.7. The molecule has 0 aromatic rings. The number of rotatable bonds is 4. The van der Waals surface area contributed by atoms with Gasteiger partial charge in [-0.15, -0.1) is 0 Å². The summed E-state index contributed by atoms with van der Waals surface area (Å²) in [7, 11) is 0. The van der Waals surface area contributed by atoms with Gasteiger partial charge < -0.3 is 15.2 Å². The monoisotopic (exact) mass is 285 g/mol. The molecule has 0 aliphatic heterocycles. The quantitative estimate of drug-likeness (QED) is 0.831. The Hall–Kier alpha value is -1.26. The summed E-state index contributed by atoms with van der Waals surface area (Å²) in [6.45, 7) is 7.53. The van der Waals surface area contributed by atoms with Crippen molar-refractivity contribution in [3.63, 3.8) is 0 Å². The Labute approximate surface area is 121 Å². The Kier molecular flexibility index (Phi) is 5.84. The van der Waals surface area contributed by atoms with Crippen molar-refractivity contribution in [3.05, 3.63) is 0 Å². The van der Waals surface area contributed by atoms with E-state index in [1.165, 1.54) is 0 Å². The van der Waals surface area contributed by atoms with Crippen LogP contribution in [0.4, 0.5) is 4.79 Å². The molecular formula is C15H27NO4. The molecular weight excluding hydrogens is 258 g/mol. The highest BCUT2D eigenvalue weighted by Gasteiger charge is 2.28. The van der Waals surface area contributed by atoms with E-state index in [4.69, 9.17) is 9.84 Å². The van der Waals surface area contributed by atoms with Crippen molar-refractivity contribution in [2.75, 3.05) is 0 Å². The van der Waals surface area contributed by atoms with Crippen LogP contribution in [-0.2, 0) is 9.53 Å². The zero-order chi connectivity index (χ0) is 15.3. The summed E-state index contributed by atoms with van der Waals surface area (Å²) >= 11 is 0. The zero-order valence-corrected chi connectivity index (χ0v) is 12.9. The molecule has 0 heterocycles. The smallest absolute Gasteiger partial charge is 0.407 e. The number of carbonyl (C=O) groups excluding carboxylic acids is 1. The second-order valence-corrected chi connectivity index (χ2v) is 6.83. The van der Waals surface area contributed by atoms with E-state index >= 15 is 0 Å². The van der Waals surface area contributed by atoms with Gasteiger partial charge in [-0.1, -0.05) is 6.92 Å². The fraction of sp³-hybridized carbons (Fsp3) is 0.867. The van der Waals surface area contributed by atoms with Gasteiger partial charge >= 0.3 is 12.1 Å².